The number of nitrogens with zero attached hydrogens (tertiary/aromatic N) is 2. The van der Waals surface area contributed by atoms with Crippen LogP contribution >= 0.6 is 0 Å². The van der Waals surface area contributed by atoms with Crippen molar-refractivity contribution in [3.05, 3.63) is 0 Å². The molecule has 114 valence electrons. The van der Waals surface area contributed by atoms with Gasteiger partial charge in [0.25, 0.3) is 0 Å². The number of rotatable bonds is 3. The standard InChI is InChI=1S/C14H25N3O3/c1-11(13(18)16-7-4-2-3-5-8-16)17-9-6-15-10-12(17)14(19)20/h11-12,15H,2-10H2,1H3,(H,19,20). The number of nitrogens with one attached hydrogen (secondary N) is 1. The number of hydrogen-bond acceptors (Lipinski definition) is 4. The molecule has 0 radical (unpaired) electrons. The van der Waals surface area contributed by atoms with Gasteiger partial charge < -0.3 is 15.3 Å². The molecule has 2 N–H and O–H groups in total. The molecule has 1 amide bonds. The minimum absolute atomic E-state index is 0.0834. The first-order valence-electron chi connectivity index (χ1n) is 7.59. The van der Waals surface area contributed by atoms with Crippen molar-refractivity contribution in [1.82, 2.24) is 15.1 Å². The molecule has 2 atom stereocenters. The number of carboxylic acid groups (broad SMARTS) is 1. The summed E-state index contributed by atoms with van der Waals surface area (Å²) in [6, 6.07) is -0.953. The van der Waals surface area contributed by atoms with E-state index in [0.29, 0.717) is 13.1 Å². The van der Waals surface area contributed by atoms with E-state index in [1.807, 2.05) is 16.7 Å². The van der Waals surface area contributed by atoms with E-state index in [2.05, 4.69) is 5.32 Å². The van der Waals surface area contributed by atoms with Crippen LogP contribution in [0.2, 0.25) is 0 Å². The third-order valence-electron chi connectivity index (χ3n) is 4.34. The summed E-state index contributed by atoms with van der Waals surface area (Å²) in [7, 11) is 0. The summed E-state index contributed by atoms with van der Waals surface area (Å²) in [5.74, 6) is -0.771. The van der Waals surface area contributed by atoms with Gasteiger partial charge in [-0.15, -0.1) is 0 Å². The maximum atomic E-state index is 12.6. The Kier molecular flexibility index (Phi) is 5.37. The molecule has 2 rings (SSSR count). The maximum Gasteiger partial charge on any atom is 0.322 e. The van der Waals surface area contributed by atoms with Gasteiger partial charge in [-0.05, 0) is 19.8 Å². The smallest absolute Gasteiger partial charge is 0.322 e. The van der Waals surface area contributed by atoms with Gasteiger partial charge in [0, 0.05) is 32.7 Å². The highest BCUT2D eigenvalue weighted by Crippen LogP contribution is 2.15. The average molecular weight is 283 g/mol. The summed E-state index contributed by atoms with van der Waals surface area (Å²) >= 11 is 0. The minimum Gasteiger partial charge on any atom is -0.480 e. The first-order valence-corrected chi connectivity index (χ1v) is 7.59. The number of carbonyl (C=O) groups excluding carboxylic acids is 1. The van der Waals surface area contributed by atoms with E-state index in [0.717, 1.165) is 32.5 Å². The Morgan fingerprint density at radius 3 is 2.40 bits per heavy atom. The van der Waals surface area contributed by atoms with E-state index in [1.54, 1.807) is 0 Å². The molecule has 0 aliphatic carbocycles. The van der Waals surface area contributed by atoms with E-state index >= 15 is 0 Å². The molecule has 0 aromatic heterocycles. The van der Waals surface area contributed by atoms with Gasteiger partial charge in [0.05, 0.1) is 6.04 Å². The molecule has 0 spiro atoms. The molecule has 0 saturated carbocycles. The molecule has 2 aliphatic rings. The molecule has 0 aromatic carbocycles. The predicted octanol–water partition coefficient (Wildman–Crippen LogP) is 0.136. The fraction of sp³-hybridized carbons (Fsp3) is 0.857. The first kappa shape index (κ1) is 15.3. The average Bonchev–Trinajstić information content (AvgIpc) is 2.74. The van der Waals surface area contributed by atoms with Gasteiger partial charge in [-0.1, -0.05) is 12.8 Å². The van der Waals surface area contributed by atoms with Crippen LogP contribution in [0.3, 0.4) is 0 Å². The number of carbonyl (C=O) groups is 2. The zero-order chi connectivity index (χ0) is 14.5. The Bertz CT molecular complexity index is 354. The van der Waals surface area contributed by atoms with Crippen molar-refractivity contribution >= 4 is 11.9 Å². The Balaban J connectivity index is 2.01. The van der Waals surface area contributed by atoms with E-state index in [-0.39, 0.29) is 11.9 Å². The zero-order valence-electron chi connectivity index (χ0n) is 12.2. The Morgan fingerprint density at radius 2 is 1.80 bits per heavy atom. The number of piperazine rings is 1. The maximum absolute atomic E-state index is 12.6. The van der Waals surface area contributed by atoms with Gasteiger partial charge in [-0.25, -0.2) is 0 Å². The van der Waals surface area contributed by atoms with Gasteiger partial charge in [0.15, 0.2) is 0 Å². The summed E-state index contributed by atoms with van der Waals surface area (Å²) in [5, 5.41) is 12.4. The number of hydrogen-bond donors (Lipinski definition) is 2. The van der Waals surface area contributed by atoms with E-state index in [1.165, 1.54) is 12.8 Å². The Labute approximate surface area is 120 Å². The van der Waals surface area contributed by atoms with E-state index < -0.39 is 12.0 Å². The Hall–Kier alpha value is -1.14. The van der Waals surface area contributed by atoms with Crippen molar-refractivity contribution in [1.29, 1.82) is 0 Å². The van der Waals surface area contributed by atoms with Crippen molar-refractivity contribution in [2.45, 2.75) is 44.7 Å². The largest absolute Gasteiger partial charge is 0.480 e. The number of carboxylic acids is 1. The Morgan fingerprint density at radius 1 is 1.15 bits per heavy atom. The van der Waals surface area contributed by atoms with Crippen LogP contribution in [-0.4, -0.2) is 71.6 Å². The molecular formula is C14H25N3O3. The molecule has 0 bridgehead atoms. The van der Waals surface area contributed by atoms with Crippen LogP contribution in [-0.2, 0) is 9.59 Å². The van der Waals surface area contributed by atoms with Gasteiger partial charge in [0.2, 0.25) is 5.91 Å². The second-order valence-corrected chi connectivity index (χ2v) is 5.71. The lowest BCUT2D eigenvalue weighted by Crippen LogP contribution is -2.61. The lowest BCUT2D eigenvalue weighted by molar-refractivity contribution is -0.148. The molecule has 2 unspecified atom stereocenters. The lowest BCUT2D eigenvalue weighted by Gasteiger charge is -2.38. The van der Waals surface area contributed by atoms with Gasteiger partial charge in [-0.3, -0.25) is 14.5 Å². The summed E-state index contributed by atoms with van der Waals surface area (Å²) < 4.78 is 0. The van der Waals surface area contributed by atoms with E-state index in [4.69, 9.17) is 0 Å². The molecule has 6 heteroatoms. The van der Waals surface area contributed by atoms with Crippen LogP contribution in [0, 0.1) is 0 Å². The van der Waals surface area contributed by atoms with Crippen LogP contribution in [0.1, 0.15) is 32.6 Å². The lowest BCUT2D eigenvalue weighted by atomic mass is 10.1. The SMILES string of the molecule is CC(C(=O)N1CCCCCC1)N1CCNCC1C(=O)O. The zero-order valence-corrected chi connectivity index (χ0v) is 12.2. The highest BCUT2D eigenvalue weighted by molar-refractivity contribution is 5.83. The molecule has 20 heavy (non-hydrogen) atoms. The van der Waals surface area contributed by atoms with Crippen molar-refractivity contribution in [3.8, 4) is 0 Å². The fourth-order valence-corrected chi connectivity index (χ4v) is 3.11. The molecule has 2 fully saturated rings. The first-order chi connectivity index (χ1) is 9.61. The second kappa shape index (κ2) is 7.04. The van der Waals surface area contributed by atoms with Crippen molar-refractivity contribution in [2.24, 2.45) is 0 Å². The second-order valence-electron chi connectivity index (χ2n) is 5.71. The highest BCUT2D eigenvalue weighted by atomic mass is 16.4. The topological polar surface area (TPSA) is 72.9 Å². The van der Waals surface area contributed by atoms with Crippen molar-refractivity contribution in [3.63, 3.8) is 0 Å². The molecule has 6 nitrogen and oxygen atoms in total. The van der Waals surface area contributed by atoms with Gasteiger partial charge in [0.1, 0.15) is 6.04 Å². The summed E-state index contributed by atoms with van der Waals surface area (Å²) in [4.78, 5) is 27.6. The molecule has 2 aliphatic heterocycles. The van der Waals surface area contributed by atoms with Crippen LogP contribution in [0.4, 0.5) is 0 Å². The van der Waals surface area contributed by atoms with Crippen LogP contribution in [0.15, 0.2) is 0 Å². The summed E-state index contributed by atoms with van der Waals surface area (Å²) in [5.41, 5.74) is 0. The van der Waals surface area contributed by atoms with Crippen LogP contribution < -0.4 is 5.32 Å². The minimum atomic E-state index is -0.854. The van der Waals surface area contributed by atoms with Crippen LogP contribution in [0.25, 0.3) is 0 Å². The number of aliphatic carboxylic acids is 1. The van der Waals surface area contributed by atoms with Gasteiger partial charge >= 0.3 is 5.97 Å². The number of likely N-dealkylation sites (tertiary alicyclic amines) is 1. The molecule has 2 saturated heterocycles. The highest BCUT2D eigenvalue weighted by Gasteiger charge is 2.36. The summed E-state index contributed by atoms with van der Waals surface area (Å²) in [6.07, 6.45) is 4.48. The third kappa shape index (κ3) is 3.49. The fourth-order valence-electron chi connectivity index (χ4n) is 3.11. The molecule has 2 heterocycles. The van der Waals surface area contributed by atoms with Crippen molar-refractivity contribution in [2.75, 3.05) is 32.7 Å². The van der Waals surface area contributed by atoms with Crippen molar-refractivity contribution < 1.29 is 14.7 Å². The molecular weight excluding hydrogens is 258 g/mol. The molecule has 0 aromatic rings. The number of amides is 1. The van der Waals surface area contributed by atoms with Gasteiger partial charge in [-0.2, -0.15) is 0 Å². The monoisotopic (exact) mass is 283 g/mol. The third-order valence-corrected chi connectivity index (χ3v) is 4.34. The van der Waals surface area contributed by atoms with E-state index in [9.17, 15) is 14.7 Å². The normalized spacial score (nSPS) is 26.9. The quantitative estimate of drug-likeness (QED) is 0.770. The van der Waals surface area contributed by atoms with Crippen LogP contribution in [0.5, 0.6) is 0 Å². The predicted molar refractivity (Wildman–Crippen MR) is 75.5 cm³/mol. The summed E-state index contributed by atoms with van der Waals surface area (Å²) in [6.45, 7) is 5.22.